The number of hydrogen-bond donors (Lipinski definition) is 1. The van der Waals surface area contributed by atoms with Gasteiger partial charge >= 0.3 is 0 Å². The predicted octanol–water partition coefficient (Wildman–Crippen LogP) is 3.21. The Hall–Kier alpha value is -1.84. The molecular formula is C16H17N5OS3. The Bertz CT molecular complexity index is 872. The van der Waals surface area contributed by atoms with E-state index in [0.717, 1.165) is 31.5 Å². The van der Waals surface area contributed by atoms with Crippen LogP contribution in [0.1, 0.15) is 17.0 Å². The molecule has 0 aliphatic rings. The van der Waals surface area contributed by atoms with E-state index in [1.54, 1.807) is 11.8 Å². The maximum Gasteiger partial charge on any atom is 0.227 e. The van der Waals surface area contributed by atoms with Crippen molar-refractivity contribution >= 4 is 40.8 Å². The number of primary amides is 1. The standard InChI is InChI=1S/C16H17N5OS3/c1-10-7-11(2)21(20-10)13-5-3-12(4-6-13)8-23-15-18-19-16(25-15)24-9-14(17)22/h3-7H,8-9H2,1-2H3,(H2,17,22). The average Bonchev–Trinajstić information content (AvgIpc) is 3.17. The highest BCUT2D eigenvalue weighted by Crippen LogP contribution is 2.30. The average molecular weight is 392 g/mol. The molecule has 1 aromatic carbocycles. The second-order valence-corrected chi connectivity index (χ2v) is 8.81. The minimum absolute atomic E-state index is 0.229. The fourth-order valence-corrected chi connectivity index (χ4v) is 4.93. The number of thioether (sulfide) groups is 2. The van der Waals surface area contributed by atoms with E-state index in [2.05, 4.69) is 45.6 Å². The highest BCUT2D eigenvalue weighted by Gasteiger charge is 2.08. The number of carbonyl (C=O) groups is 1. The third kappa shape index (κ3) is 4.83. The maximum absolute atomic E-state index is 10.8. The van der Waals surface area contributed by atoms with Crippen molar-refractivity contribution in [3.63, 3.8) is 0 Å². The van der Waals surface area contributed by atoms with Gasteiger partial charge in [0.15, 0.2) is 8.68 Å². The number of benzene rings is 1. The monoisotopic (exact) mass is 391 g/mol. The molecule has 130 valence electrons. The van der Waals surface area contributed by atoms with E-state index in [9.17, 15) is 4.79 Å². The van der Waals surface area contributed by atoms with Crippen LogP contribution in [0.4, 0.5) is 0 Å². The summed E-state index contributed by atoms with van der Waals surface area (Å²) in [5.41, 5.74) is 9.53. The zero-order valence-corrected chi connectivity index (χ0v) is 16.2. The second kappa shape index (κ2) is 8.03. The summed E-state index contributed by atoms with van der Waals surface area (Å²) in [4.78, 5) is 10.8. The molecule has 0 aliphatic carbocycles. The van der Waals surface area contributed by atoms with Crippen LogP contribution in [0.15, 0.2) is 39.0 Å². The van der Waals surface area contributed by atoms with Crippen molar-refractivity contribution in [3.05, 3.63) is 47.3 Å². The molecule has 2 N–H and O–H groups in total. The van der Waals surface area contributed by atoms with Crippen LogP contribution in [0.2, 0.25) is 0 Å². The first kappa shape index (κ1) is 18.0. The van der Waals surface area contributed by atoms with Gasteiger partial charge < -0.3 is 5.73 Å². The van der Waals surface area contributed by atoms with E-state index in [1.807, 2.05) is 18.5 Å². The molecule has 1 amide bonds. The van der Waals surface area contributed by atoms with Crippen LogP contribution >= 0.6 is 34.9 Å². The largest absolute Gasteiger partial charge is 0.369 e. The van der Waals surface area contributed by atoms with Crippen molar-refractivity contribution in [1.29, 1.82) is 0 Å². The van der Waals surface area contributed by atoms with E-state index in [1.165, 1.54) is 28.7 Å². The van der Waals surface area contributed by atoms with Crippen LogP contribution < -0.4 is 5.73 Å². The number of nitrogens with two attached hydrogens (primary N) is 1. The van der Waals surface area contributed by atoms with Gasteiger partial charge in [0.1, 0.15) is 0 Å². The number of hydrogen-bond acceptors (Lipinski definition) is 7. The molecule has 0 aliphatic heterocycles. The predicted molar refractivity (Wildman–Crippen MR) is 102 cm³/mol. The summed E-state index contributed by atoms with van der Waals surface area (Å²) in [6.07, 6.45) is 0. The van der Waals surface area contributed by atoms with Crippen LogP contribution in [-0.4, -0.2) is 31.6 Å². The van der Waals surface area contributed by atoms with Crippen molar-refractivity contribution in [2.75, 3.05) is 5.75 Å². The molecule has 0 spiro atoms. The van der Waals surface area contributed by atoms with Gasteiger partial charge in [0, 0.05) is 11.4 Å². The fraction of sp³-hybridized carbons (Fsp3) is 0.250. The number of rotatable bonds is 7. The number of aromatic nitrogens is 4. The second-order valence-electron chi connectivity index (χ2n) is 5.38. The molecule has 0 fully saturated rings. The van der Waals surface area contributed by atoms with Crippen molar-refractivity contribution in [3.8, 4) is 5.69 Å². The molecule has 9 heteroatoms. The Labute approximate surface area is 158 Å². The van der Waals surface area contributed by atoms with Gasteiger partial charge in [-0.1, -0.05) is 47.0 Å². The van der Waals surface area contributed by atoms with Gasteiger partial charge in [-0.3, -0.25) is 4.79 Å². The van der Waals surface area contributed by atoms with Gasteiger partial charge in [0.05, 0.1) is 17.1 Å². The summed E-state index contributed by atoms with van der Waals surface area (Å²) in [7, 11) is 0. The first-order chi connectivity index (χ1) is 12.0. The van der Waals surface area contributed by atoms with Gasteiger partial charge in [-0.15, -0.1) is 10.2 Å². The molecule has 0 saturated carbocycles. The summed E-state index contributed by atoms with van der Waals surface area (Å²) < 4.78 is 3.59. The van der Waals surface area contributed by atoms with E-state index >= 15 is 0 Å². The molecule has 0 atom stereocenters. The van der Waals surface area contributed by atoms with Crippen molar-refractivity contribution in [2.24, 2.45) is 5.73 Å². The summed E-state index contributed by atoms with van der Waals surface area (Å²) in [5, 5.41) is 12.7. The van der Waals surface area contributed by atoms with E-state index < -0.39 is 0 Å². The van der Waals surface area contributed by atoms with Gasteiger partial charge in [-0.05, 0) is 37.6 Å². The van der Waals surface area contributed by atoms with Crippen LogP contribution in [0.3, 0.4) is 0 Å². The van der Waals surface area contributed by atoms with Gasteiger partial charge in [0.2, 0.25) is 5.91 Å². The first-order valence-corrected chi connectivity index (χ1v) is 10.3. The maximum atomic E-state index is 10.8. The molecule has 2 aromatic heterocycles. The third-order valence-corrected chi connectivity index (χ3v) is 6.56. The molecule has 0 radical (unpaired) electrons. The highest BCUT2D eigenvalue weighted by atomic mass is 32.2. The molecule has 0 saturated heterocycles. The van der Waals surface area contributed by atoms with Crippen molar-refractivity contribution in [2.45, 2.75) is 28.3 Å². The van der Waals surface area contributed by atoms with Crippen LogP contribution in [0.5, 0.6) is 0 Å². The summed E-state index contributed by atoms with van der Waals surface area (Å²) in [6, 6.07) is 10.4. The molecule has 3 rings (SSSR count). The van der Waals surface area contributed by atoms with E-state index in [-0.39, 0.29) is 11.7 Å². The van der Waals surface area contributed by atoms with E-state index in [4.69, 9.17) is 5.73 Å². The first-order valence-electron chi connectivity index (χ1n) is 7.51. The summed E-state index contributed by atoms with van der Waals surface area (Å²) in [6.45, 7) is 4.04. The Balaban J connectivity index is 1.59. The van der Waals surface area contributed by atoms with Gasteiger partial charge in [-0.25, -0.2) is 4.68 Å². The number of carbonyl (C=O) groups excluding carboxylic acids is 1. The Kier molecular flexibility index (Phi) is 5.77. The molecule has 0 unspecified atom stereocenters. The lowest BCUT2D eigenvalue weighted by atomic mass is 10.2. The Morgan fingerprint density at radius 1 is 1.16 bits per heavy atom. The lowest BCUT2D eigenvalue weighted by Crippen LogP contribution is -2.12. The molecule has 6 nitrogen and oxygen atoms in total. The van der Waals surface area contributed by atoms with E-state index in [0.29, 0.717) is 0 Å². The zero-order valence-electron chi connectivity index (χ0n) is 13.8. The minimum Gasteiger partial charge on any atom is -0.369 e. The van der Waals surface area contributed by atoms with Gasteiger partial charge in [-0.2, -0.15) is 5.10 Å². The normalized spacial score (nSPS) is 11.0. The molecule has 25 heavy (non-hydrogen) atoms. The lowest BCUT2D eigenvalue weighted by Gasteiger charge is -2.05. The third-order valence-electron chi connectivity index (χ3n) is 3.28. The zero-order chi connectivity index (χ0) is 17.8. The number of amides is 1. The Morgan fingerprint density at radius 3 is 2.44 bits per heavy atom. The fourth-order valence-electron chi connectivity index (χ4n) is 2.22. The van der Waals surface area contributed by atoms with Crippen LogP contribution in [-0.2, 0) is 10.5 Å². The topological polar surface area (TPSA) is 86.7 Å². The quantitative estimate of drug-likeness (QED) is 0.622. The Morgan fingerprint density at radius 2 is 1.84 bits per heavy atom. The minimum atomic E-state index is -0.350. The van der Waals surface area contributed by atoms with Crippen molar-refractivity contribution < 1.29 is 4.79 Å². The molecular weight excluding hydrogens is 374 g/mol. The molecule has 0 bridgehead atoms. The lowest BCUT2D eigenvalue weighted by molar-refractivity contribution is -0.115. The SMILES string of the molecule is Cc1cc(C)n(-c2ccc(CSc3nnc(SCC(N)=O)s3)cc2)n1. The number of aryl methyl sites for hydroxylation is 2. The molecule has 3 aromatic rings. The number of nitrogens with zero attached hydrogens (tertiary/aromatic N) is 4. The summed E-state index contributed by atoms with van der Waals surface area (Å²) >= 11 is 4.43. The molecule has 2 heterocycles. The smallest absolute Gasteiger partial charge is 0.227 e. The highest BCUT2D eigenvalue weighted by molar-refractivity contribution is 8.03. The van der Waals surface area contributed by atoms with Crippen molar-refractivity contribution in [1.82, 2.24) is 20.0 Å². The van der Waals surface area contributed by atoms with Crippen LogP contribution in [0.25, 0.3) is 5.69 Å². The van der Waals surface area contributed by atoms with Gasteiger partial charge in [0.25, 0.3) is 0 Å². The van der Waals surface area contributed by atoms with Crippen LogP contribution in [0, 0.1) is 13.8 Å². The summed E-state index contributed by atoms with van der Waals surface area (Å²) in [5.74, 6) is 0.691.